The number of aromatic hydroxyl groups is 1. The van der Waals surface area contributed by atoms with Crippen molar-refractivity contribution in [3.63, 3.8) is 0 Å². The molecule has 0 bridgehead atoms. The number of benzene rings is 2. The number of amides is 2. The average molecular weight is 408 g/mol. The molecule has 0 radical (unpaired) electrons. The largest absolute Gasteiger partial charge is 0.508 e. The Bertz CT molecular complexity index is 1160. The summed E-state index contributed by atoms with van der Waals surface area (Å²) in [5.74, 6) is -1.02. The number of thioether (sulfide) groups is 1. The second-order valence-corrected chi connectivity index (χ2v) is 7.49. The minimum absolute atomic E-state index is 0.0441. The Kier molecular flexibility index (Phi) is 4.76. The first kappa shape index (κ1) is 18.1. The summed E-state index contributed by atoms with van der Waals surface area (Å²) in [6.45, 7) is 0. The number of thiocarbonyl (C=S) groups is 1. The fraction of sp³-hybridized carbons (Fsp3) is 0. The number of hydrogen-bond acceptors (Lipinski definition) is 7. The third kappa shape index (κ3) is 3.57. The van der Waals surface area contributed by atoms with Crippen molar-refractivity contribution in [2.45, 2.75) is 0 Å². The Balaban J connectivity index is 1.56. The summed E-state index contributed by atoms with van der Waals surface area (Å²) in [6.07, 6.45) is 4.90. The first-order chi connectivity index (χ1) is 13.5. The van der Waals surface area contributed by atoms with Crippen LogP contribution >= 0.6 is 24.0 Å². The van der Waals surface area contributed by atoms with Crippen LogP contribution < -0.4 is 5.43 Å². The molecular formula is C19H12N4O3S2. The number of carbonyl (C=O) groups excluding carboxylic acids is 2. The quantitative estimate of drug-likeness (QED) is 0.508. The molecule has 1 fully saturated rings. The van der Waals surface area contributed by atoms with Crippen LogP contribution in [0.5, 0.6) is 5.75 Å². The molecule has 9 heteroatoms. The van der Waals surface area contributed by atoms with E-state index in [4.69, 9.17) is 12.2 Å². The Morgan fingerprint density at radius 1 is 1.14 bits per heavy atom. The number of carbonyl (C=O) groups is 2. The molecular weight excluding hydrogens is 396 g/mol. The average Bonchev–Trinajstić information content (AvgIpc) is 2.95. The Morgan fingerprint density at radius 3 is 2.71 bits per heavy atom. The van der Waals surface area contributed by atoms with Gasteiger partial charge >= 0.3 is 0 Å². The van der Waals surface area contributed by atoms with Gasteiger partial charge < -0.3 is 5.11 Å². The van der Waals surface area contributed by atoms with Crippen LogP contribution in [0.15, 0.2) is 59.8 Å². The predicted octanol–water partition coefficient (Wildman–Crippen LogP) is 2.88. The van der Waals surface area contributed by atoms with Crippen molar-refractivity contribution < 1.29 is 14.7 Å². The minimum atomic E-state index is -0.547. The highest BCUT2D eigenvalue weighted by atomic mass is 32.2. The molecule has 0 saturated carbocycles. The van der Waals surface area contributed by atoms with Crippen LogP contribution in [0.4, 0.5) is 0 Å². The molecule has 1 saturated heterocycles. The van der Waals surface area contributed by atoms with Gasteiger partial charge in [0.25, 0.3) is 11.8 Å². The molecule has 3 aromatic rings. The second-order valence-electron chi connectivity index (χ2n) is 5.81. The lowest BCUT2D eigenvalue weighted by atomic mass is 10.2. The van der Waals surface area contributed by atoms with Crippen LogP contribution in [0.1, 0.15) is 15.9 Å². The summed E-state index contributed by atoms with van der Waals surface area (Å²) < 4.78 is 0.213. The number of aromatic nitrogens is 2. The molecule has 1 aliphatic heterocycles. The Hall–Kier alpha value is -3.30. The van der Waals surface area contributed by atoms with Crippen LogP contribution in [-0.2, 0) is 4.79 Å². The molecule has 0 spiro atoms. The molecule has 7 nitrogen and oxygen atoms in total. The topological polar surface area (TPSA) is 95.4 Å². The SMILES string of the molecule is O=C(NN1C(=O)/C(=C/c2ccc3nccnc3c2)SC1=S)c1cccc(O)c1. The summed E-state index contributed by atoms with van der Waals surface area (Å²) >= 11 is 6.31. The Morgan fingerprint density at radius 2 is 1.93 bits per heavy atom. The summed E-state index contributed by atoms with van der Waals surface area (Å²) in [4.78, 5) is 33.8. The number of nitrogens with one attached hydrogen (secondary N) is 1. The standard InChI is InChI=1S/C19H12N4O3S2/c24-13-3-1-2-12(10-13)17(25)22-23-18(26)16(28-19(23)27)9-11-4-5-14-15(8-11)21-7-6-20-14/h1-10,24H,(H,22,25)/b16-9-. The Labute approximate surface area is 169 Å². The van der Waals surface area contributed by atoms with Crippen molar-refractivity contribution in [1.29, 1.82) is 0 Å². The highest BCUT2D eigenvalue weighted by Crippen LogP contribution is 2.31. The number of phenolic OH excluding ortho intramolecular Hbond substituents is 1. The highest BCUT2D eigenvalue weighted by molar-refractivity contribution is 8.26. The van der Waals surface area contributed by atoms with Crippen molar-refractivity contribution in [1.82, 2.24) is 20.4 Å². The molecule has 2 amide bonds. The normalized spacial score (nSPS) is 15.4. The van der Waals surface area contributed by atoms with Gasteiger partial charge in [-0.05, 0) is 54.2 Å². The van der Waals surface area contributed by atoms with Crippen LogP contribution in [0.25, 0.3) is 17.1 Å². The number of fused-ring (bicyclic) bond motifs is 1. The predicted molar refractivity (Wildman–Crippen MR) is 110 cm³/mol. The molecule has 0 aliphatic carbocycles. The lowest BCUT2D eigenvalue weighted by molar-refractivity contribution is -0.123. The molecule has 1 aromatic heterocycles. The number of rotatable bonds is 3. The van der Waals surface area contributed by atoms with Crippen LogP contribution in [0.2, 0.25) is 0 Å². The minimum Gasteiger partial charge on any atom is -0.508 e. The summed E-state index contributed by atoms with van der Waals surface area (Å²) in [5.41, 5.74) is 4.93. The molecule has 2 aromatic carbocycles. The van der Waals surface area contributed by atoms with Crippen molar-refractivity contribution in [2.24, 2.45) is 0 Å². The van der Waals surface area contributed by atoms with E-state index in [-0.39, 0.29) is 15.6 Å². The number of hydrazine groups is 1. The van der Waals surface area contributed by atoms with E-state index in [9.17, 15) is 14.7 Å². The van der Waals surface area contributed by atoms with E-state index in [0.717, 1.165) is 27.9 Å². The maximum absolute atomic E-state index is 12.7. The molecule has 0 atom stereocenters. The van der Waals surface area contributed by atoms with Gasteiger partial charge in [-0.1, -0.05) is 23.9 Å². The fourth-order valence-electron chi connectivity index (χ4n) is 2.60. The summed E-state index contributed by atoms with van der Waals surface area (Å²) in [6, 6.07) is 11.3. The van der Waals surface area contributed by atoms with Gasteiger partial charge in [0.2, 0.25) is 0 Å². The zero-order chi connectivity index (χ0) is 19.7. The van der Waals surface area contributed by atoms with Gasteiger partial charge in [0, 0.05) is 18.0 Å². The van der Waals surface area contributed by atoms with Gasteiger partial charge in [-0.15, -0.1) is 0 Å². The van der Waals surface area contributed by atoms with Crippen molar-refractivity contribution in [2.75, 3.05) is 0 Å². The maximum atomic E-state index is 12.7. The third-order valence-electron chi connectivity index (χ3n) is 3.91. The van der Waals surface area contributed by atoms with Crippen molar-refractivity contribution in [3.8, 4) is 5.75 Å². The molecule has 1 aliphatic rings. The molecule has 4 rings (SSSR count). The molecule has 138 valence electrons. The molecule has 2 heterocycles. The van der Waals surface area contributed by atoms with E-state index in [1.165, 1.54) is 24.3 Å². The zero-order valence-corrected chi connectivity index (χ0v) is 15.8. The van der Waals surface area contributed by atoms with E-state index >= 15 is 0 Å². The molecule has 0 unspecified atom stereocenters. The maximum Gasteiger partial charge on any atom is 0.285 e. The molecule has 28 heavy (non-hydrogen) atoms. The lowest BCUT2D eigenvalue weighted by Crippen LogP contribution is -2.44. The van der Waals surface area contributed by atoms with Crippen molar-refractivity contribution >= 4 is 57.2 Å². The zero-order valence-electron chi connectivity index (χ0n) is 14.2. The number of nitrogens with zero attached hydrogens (tertiary/aromatic N) is 3. The monoisotopic (exact) mass is 408 g/mol. The molecule has 2 N–H and O–H groups in total. The van der Waals surface area contributed by atoms with Gasteiger partial charge in [0.15, 0.2) is 4.32 Å². The van der Waals surface area contributed by atoms with Crippen molar-refractivity contribution in [3.05, 3.63) is 70.9 Å². The van der Waals surface area contributed by atoms with Gasteiger partial charge in [-0.2, -0.15) is 5.01 Å². The summed E-state index contributed by atoms with van der Waals surface area (Å²) in [7, 11) is 0. The van der Waals surface area contributed by atoms with E-state index in [1.807, 2.05) is 18.2 Å². The van der Waals surface area contributed by atoms with E-state index < -0.39 is 11.8 Å². The van der Waals surface area contributed by atoms with Crippen LogP contribution in [0.3, 0.4) is 0 Å². The highest BCUT2D eigenvalue weighted by Gasteiger charge is 2.33. The third-order valence-corrected chi connectivity index (χ3v) is 5.21. The van der Waals surface area contributed by atoms with Crippen LogP contribution in [-0.4, -0.2) is 36.2 Å². The van der Waals surface area contributed by atoms with E-state index in [2.05, 4.69) is 15.4 Å². The number of phenols is 1. The van der Waals surface area contributed by atoms with Crippen LogP contribution in [0, 0.1) is 0 Å². The van der Waals surface area contributed by atoms with Gasteiger partial charge in [0.05, 0.1) is 15.9 Å². The van der Waals surface area contributed by atoms with E-state index in [0.29, 0.717) is 10.4 Å². The first-order valence-corrected chi connectivity index (χ1v) is 9.32. The number of hydrogen-bond donors (Lipinski definition) is 2. The summed E-state index contributed by atoms with van der Waals surface area (Å²) in [5, 5.41) is 10.5. The smallest absolute Gasteiger partial charge is 0.285 e. The van der Waals surface area contributed by atoms with Gasteiger partial charge in [-0.3, -0.25) is 25.0 Å². The fourth-order valence-corrected chi connectivity index (χ4v) is 3.78. The van der Waals surface area contributed by atoms with Gasteiger partial charge in [-0.25, -0.2) is 0 Å². The second kappa shape index (κ2) is 7.37. The first-order valence-electron chi connectivity index (χ1n) is 8.10. The van der Waals surface area contributed by atoms with Gasteiger partial charge in [0.1, 0.15) is 5.75 Å². The lowest BCUT2D eigenvalue weighted by Gasteiger charge is -2.15. The van der Waals surface area contributed by atoms with E-state index in [1.54, 1.807) is 18.5 Å².